The summed E-state index contributed by atoms with van der Waals surface area (Å²) < 4.78 is 11.3. The van der Waals surface area contributed by atoms with Gasteiger partial charge in [0.15, 0.2) is 17.8 Å². The number of rotatable bonds is 4. The van der Waals surface area contributed by atoms with Crippen LogP contribution in [0, 0.1) is 0 Å². The van der Waals surface area contributed by atoms with E-state index in [1.807, 2.05) is 6.07 Å². The molecule has 2 rings (SSSR count). The van der Waals surface area contributed by atoms with Crippen molar-refractivity contribution in [2.75, 3.05) is 7.11 Å². The lowest BCUT2D eigenvalue weighted by molar-refractivity contribution is 0.0898. The van der Waals surface area contributed by atoms with Crippen molar-refractivity contribution in [3.63, 3.8) is 0 Å². The lowest BCUT2D eigenvalue weighted by Crippen LogP contribution is -2.28. The first-order valence-corrected chi connectivity index (χ1v) is 6.00. The zero-order valence-corrected chi connectivity index (χ0v) is 10.4. The summed E-state index contributed by atoms with van der Waals surface area (Å²) in [6.45, 7) is 2.10. The SMILES string of the molecule is COc1cccc(C=O)c1OC1(C)CCCC1. The summed E-state index contributed by atoms with van der Waals surface area (Å²) in [5.41, 5.74) is 0.393. The van der Waals surface area contributed by atoms with E-state index in [2.05, 4.69) is 6.92 Å². The molecule has 1 aliphatic rings. The molecule has 92 valence electrons. The number of methoxy groups -OCH3 is 1. The highest BCUT2D eigenvalue weighted by atomic mass is 16.5. The van der Waals surface area contributed by atoms with Crippen molar-refractivity contribution in [3.8, 4) is 11.5 Å². The van der Waals surface area contributed by atoms with Crippen LogP contribution in [0.2, 0.25) is 0 Å². The Bertz CT molecular complexity index is 406. The van der Waals surface area contributed by atoms with E-state index >= 15 is 0 Å². The maximum atomic E-state index is 11.0. The normalized spacial score (nSPS) is 17.8. The van der Waals surface area contributed by atoms with E-state index in [1.165, 1.54) is 12.8 Å². The lowest BCUT2D eigenvalue weighted by atomic mass is 10.1. The summed E-state index contributed by atoms with van der Waals surface area (Å²) in [7, 11) is 1.59. The maximum absolute atomic E-state index is 11.0. The Balaban J connectivity index is 2.32. The fourth-order valence-electron chi connectivity index (χ4n) is 2.37. The van der Waals surface area contributed by atoms with Gasteiger partial charge in [-0.2, -0.15) is 0 Å². The average molecular weight is 234 g/mol. The highest BCUT2D eigenvalue weighted by Crippen LogP contribution is 2.39. The van der Waals surface area contributed by atoms with Gasteiger partial charge in [-0.25, -0.2) is 0 Å². The molecule has 1 aromatic carbocycles. The molecule has 0 aromatic heterocycles. The number of carbonyl (C=O) groups excluding carboxylic acids is 1. The third kappa shape index (κ3) is 2.43. The molecule has 17 heavy (non-hydrogen) atoms. The Labute approximate surface area is 102 Å². The molecule has 0 bridgehead atoms. The third-order valence-corrected chi connectivity index (χ3v) is 3.37. The van der Waals surface area contributed by atoms with Gasteiger partial charge >= 0.3 is 0 Å². The number of para-hydroxylation sites is 1. The Morgan fingerprint density at radius 2 is 2.00 bits per heavy atom. The minimum atomic E-state index is -0.160. The van der Waals surface area contributed by atoms with E-state index < -0.39 is 0 Å². The van der Waals surface area contributed by atoms with Gasteiger partial charge in [0.2, 0.25) is 0 Å². The second-order valence-corrected chi connectivity index (χ2v) is 4.76. The number of hydrogen-bond donors (Lipinski definition) is 0. The van der Waals surface area contributed by atoms with Crippen LogP contribution in [0.1, 0.15) is 43.0 Å². The minimum absolute atomic E-state index is 0.160. The molecule has 1 fully saturated rings. The zero-order valence-electron chi connectivity index (χ0n) is 10.4. The van der Waals surface area contributed by atoms with Gasteiger partial charge in [-0.05, 0) is 44.7 Å². The Morgan fingerprint density at radius 3 is 2.59 bits per heavy atom. The molecule has 0 aliphatic heterocycles. The van der Waals surface area contributed by atoms with Gasteiger partial charge in [-0.15, -0.1) is 0 Å². The first-order valence-electron chi connectivity index (χ1n) is 6.00. The molecule has 3 heteroatoms. The third-order valence-electron chi connectivity index (χ3n) is 3.37. The molecule has 1 aliphatic carbocycles. The predicted octanol–water partition coefficient (Wildman–Crippen LogP) is 3.22. The molecule has 0 unspecified atom stereocenters. The van der Waals surface area contributed by atoms with Gasteiger partial charge < -0.3 is 9.47 Å². The van der Waals surface area contributed by atoms with Crippen molar-refractivity contribution >= 4 is 6.29 Å². The molecule has 0 atom stereocenters. The number of hydrogen-bond acceptors (Lipinski definition) is 3. The van der Waals surface area contributed by atoms with E-state index in [0.717, 1.165) is 19.1 Å². The van der Waals surface area contributed by atoms with Crippen molar-refractivity contribution in [3.05, 3.63) is 23.8 Å². The second kappa shape index (κ2) is 4.78. The van der Waals surface area contributed by atoms with Crippen LogP contribution < -0.4 is 9.47 Å². The fourth-order valence-corrected chi connectivity index (χ4v) is 2.37. The number of aldehydes is 1. The van der Waals surface area contributed by atoms with Crippen LogP contribution in [0.15, 0.2) is 18.2 Å². The highest BCUT2D eigenvalue weighted by molar-refractivity contribution is 5.81. The molecule has 0 N–H and O–H groups in total. The maximum Gasteiger partial charge on any atom is 0.172 e. The average Bonchev–Trinajstić information content (AvgIpc) is 2.76. The van der Waals surface area contributed by atoms with Gasteiger partial charge in [0.05, 0.1) is 12.7 Å². The largest absolute Gasteiger partial charge is 0.493 e. The van der Waals surface area contributed by atoms with Crippen molar-refractivity contribution in [2.45, 2.75) is 38.2 Å². The van der Waals surface area contributed by atoms with E-state index in [0.29, 0.717) is 17.1 Å². The van der Waals surface area contributed by atoms with Gasteiger partial charge in [-0.1, -0.05) is 6.07 Å². The van der Waals surface area contributed by atoms with E-state index in [9.17, 15) is 4.79 Å². The van der Waals surface area contributed by atoms with Crippen molar-refractivity contribution in [1.29, 1.82) is 0 Å². The summed E-state index contributed by atoms with van der Waals surface area (Å²) >= 11 is 0. The first kappa shape index (κ1) is 12.0. The first-order chi connectivity index (χ1) is 8.18. The smallest absolute Gasteiger partial charge is 0.172 e. The van der Waals surface area contributed by atoms with Gasteiger partial charge in [0.25, 0.3) is 0 Å². The van der Waals surface area contributed by atoms with Gasteiger partial charge in [-0.3, -0.25) is 4.79 Å². The molecule has 0 spiro atoms. The van der Waals surface area contributed by atoms with Crippen LogP contribution in [0.4, 0.5) is 0 Å². The molecule has 1 aromatic rings. The second-order valence-electron chi connectivity index (χ2n) is 4.76. The van der Waals surface area contributed by atoms with Crippen LogP contribution in [0.25, 0.3) is 0 Å². The van der Waals surface area contributed by atoms with Crippen LogP contribution in [-0.4, -0.2) is 19.0 Å². The van der Waals surface area contributed by atoms with Crippen LogP contribution >= 0.6 is 0 Å². The summed E-state index contributed by atoms with van der Waals surface area (Å²) in [6, 6.07) is 5.37. The number of ether oxygens (including phenoxy) is 2. The Morgan fingerprint density at radius 1 is 1.29 bits per heavy atom. The summed E-state index contributed by atoms with van der Waals surface area (Å²) in [5, 5.41) is 0. The minimum Gasteiger partial charge on any atom is -0.493 e. The number of benzene rings is 1. The molecule has 1 saturated carbocycles. The molecule has 3 nitrogen and oxygen atoms in total. The molecule has 0 radical (unpaired) electrons. The quantitative estimate of drug-likeness (QED) is 0.750. The lowest BCUT2D eigenvalue weighted by Gasteiger charge is -2.27. The molecule has 0 heterocycles. The molecular formula is C14H18O3. The van der Waals surface area contributed by atoms with E-state index in [4.69, 9.17) is 9.47 Å². The van der Waals surface area contributed by atoms with Gasteiger partial charge in [0.1, 0.15) is 5.60 Å². The molecular weight excluding hydrogens is 216 g/mol. The topological polar surface area (TPSA) is 35.5 Å². The monoisotopic (exact) mass is 234 g/mol. The standard InChI is InChI=1S/C14H18O3/c1-14(8-3-4-9-14)17-13-11(10-15)6-5-7-12(13)16-2/h5-7,10H,3-4,8-9H2,1-2H3. The summed E-state index contributed by atoms with van der Waals surface area (Å²) in [5.74, 6) is 1.21. The zero-order chi connectivity index (χ0) is 12.3. The Hall–Kier alpha value is -1.51. The van der Waals surface area contributed by atoms with Crippen LogP contribution in [-0.2, 0) is 0 Å². The summed E-state index contributed by atoms with van der Waals surface area (Å²) in [6.07, 6.45) is 5.24. The van der Waals surface area contributed by atoms with Crippen LogP contribution in [0.5, 0.6) is 11.5 Å². The van der Waals surface area contributed by atoms with E-state index in [-0.39, 0.29) is 5.60 Å². The molecule has 0 amide bonds. The van der Waals surface area contributed by atoms with Gasteiger partial charge in [0, 0.05) is 0 Å². The molecule has 0 saturated heterocycles. The predicted molar refractivity (Wildman–Crippen MR) is 65.9 cm³/mol. The van der Waals surface area contributed by atoms with Crippen molar-refractivity contribution in [2.24, 2.45) is 0 Å². The fraction of sp³-hybridized carbons (Fsp3) is 0.500. The van der Waals surface area contributed by atoms with Crippen molar-refractivity contribution < 1.29 is 14.3 Å². The van der Waals surface area contributed by atoms with Crippen LogP contribution in [0.3, 0.4) is 0 Å². The van der Waals surface area contributed by atoms with E-state index in [1.54, 1.807) is 19.2 Å². The highest BCUT2D eigenvalue weighted by Gasteiger charge is 2.32. The summed E-state index contributed by atoms with van der Waals surface area (Å²) in [4.78, 5) is 11.0. The van der Waals surface area contributed by atoms with Crippen molar-refractivity contribution in [1.82, 2.24) is 0 Å². The number of carbonyl (C=O) groups is 1. The Kier molecular flexibility index (Phi) is 3.36.